The monoisotopic (exact) mass is 396 g/mol. The number of aromatic nitrogens is 1. The number of ether oxygens (including phenoxy) is 1. The van der Waals surface area contributed by atoms with E-state index in [9.17, 15) is 4.79 Å². The van der Waals surface area contributed by atoms with Crippen LogP contribution in [-0.2, 0) is 4.79 Å². The van der Waals surface area contributed by atoms with E-state index in [2.05, 4.69) is 11.6 Å². The summed E-state index contributed by atoms with van der Waals surface area (Å²) in [6, 6.07) is 3.78. The van der Waals surface area contributed by atoms with Crippen LogP contribution in [0.3, 0.4) is 0 Å². The Morgan fingerprint density at radius 3 is 2.55 bits per heavy atom. The molecule has 4 heteroatoms. The minimum Gasteiger partial charge on any atom is -0.492 e. The van der Waals surface area contributed by atoms with Gasteiger partial charge in [-0.3, -0.25) is 9.78 Å². The van der Waals surface area contributed by atoms with E-state index >= 15 is 0 Å². The van der Waals surface area contributed by atoms with Crippen molar-refractivity contribution in [2.24, 2.45) is 23.5 Å². The second-order valence-corrected chi connectivity index (χ2v) is 8.81. The standard InChI is InChI=1S/C25H36N2O2/c1-2-8-23(26)24-14-13-22(17-27-24)29-18-20-11-6-7-12-21(15-20)25(28)16-19-9-4-3-5-10-19/h2,8,13-14,17,19-21H,1,3-7,9-12,15-16,18,26H2/b23-8-/t20-,21?/m1/s1. The Morgan fingerprint density at radius 2 is 1.83 bits per heavy atom. The molecule has 3 rings (SSSR count). The maximum atomic E-state index is 12.9. The number of hydrogen-bond donors (Lipinski definition) is 1. The van der Waals surface area contributed by atoms with Gasteiger partial charge in [0.2, 0.25) is 0 Å². The van der Waals surface area contributed by atoms with Crippen molar-refractivity contribution in [1.82, 2.24) is 4.98 Å². The van der Waals surface area contributed by atoms with Gasteiger partial charge in [0.1, 0.15) is 11.5 Å². The molecule has 2 atom stereocenters. The Balaban J connectivity index is 1.50. The van der Waals surface area contributed by atoms with E-state index in [-0.39, 0.29) is 5.92 Å². The second-order valence-electron chi connectivity index (χ2n) is 8.81. The molecule has 2 saturated carbocycles. The zero-order chi connectivity index (χ0) is 20.5. The fourth-order valence-corrected chi connectivity index (χ4v) is 4.81. The lowest BCUT2D eigenvalue weighted by atomic mass is 9.81. The Bertz CT molecular complexity index is 689. The first-order valence-corrected chi connectivity index (χ1v) is 11.4. The van der Waals surface area contributed by atoms with Crippen LogP contribution in [-0.4, -0.2) is 17.4 Å². The molecule has 1 heterocycles. The van der Waals surface area contributed by atoms with Gasteiger partial charge < -0.3 is 10.5 Å². The number of ketones is 1. The van der Waals surface area contributed by atoms with Crippen LogP contribution in [0.25, 0.3) is 5.70 Å². The Kier molecular flexibility index (Phi) is 8.33. The van der Waals surface area contributed by atoms with Crippen molar-refractivity contribution >= 4 is 11.5 Å². The molecule has 4 nitrogen and oxygen atoms in total. The lowest BCUT2D eigenvalue weighted by Crippen LogP contribution is -2.23. The normalized spacial score (nSPS) is 23.9. The van der Waals surface area contributed by atoms with Crippen LogP contribution in [0.2, 0.25) is 0 Å². The Hall–Kier alpha value is -2.10. The molecule has 0 aliphatic heterocycles. The van der Waals surface area contributed by atoms with Crippen molar-refractivity contribution in [3.05, 3.63) is 42.8 Å². The van der Waals surface area contributed by atoms with Crippen LogP contribution in [0, 0.1) is 17.8 Å². The van der Waals surface area contributed by atoms with E-state index in [1.165, 1.54) is 44.9 Å². The van der Waals surface area contributed by atoms with Crippen molar-refractivity contribution < 1.29 is 9.53 Å². The molecule has 0 bridgehead atoms. The second kappa shape index (κ2) is 11.2. The molecule has 1 unspecified atom stereocenters. The molecule has 158 valence electrons. The summed E-state index contributed by atoms with van der Waals surface area (Å²) in [5.41, 5.74) is 7.24. The molecule has 29 heavy (non-hydrogen) atoms. The number of carbonyl (C=O) groups excluding carboxylic acids is 1. The fourth-order valence-electron chi connectivity index (χ4n) is 4.81. The molecular formula is C25H36N2O2. The van der Waals surface area contributed by atoms with Crippen LogP contribution in [0.4, 0.5) is 0 Å². The lowest BCUT2D eigenvalue weighted by Gasteiger charge is -2.24. The van der Waals surface area contributed by atoms with Crippen LogP contribution >= 0.6 is 0 Å². The number of pyridine rings is 1. The SMILES string of the molecule is C=C/C=C(\N)c1ccc(OC[C@@H]2CCCCC(C(=O)CC3CCCCC3)C2)cn1. The van der Waals surface area contributed by atoms with E-state index in [0.717, 1.165) is 37.1 Å². The zero-order valence-electron chi connectivity index (χ0n) is 17.7. The highest BCUT2D eigenvalue weighted by Crippen LogP contribution is 2.33. The fraction of sp³-hybridized carbons (Fsp3) is 0.600. The van der Waals surface area contributed by atoms with Crippen LogP contribution < -0.4 is 10.5 Å². The van der Waals surface area contributed by atoms with Crippen LogP contribution in [0.1, 0.15) is 76.3 Å². The van der Waals surface area contributed by atoms with Crippen molar-refractivity contribution in [3.8, 4) is 5.75 Å². The first-order chi connectivity index (χ1) is 14.2. The van der Waals surface area contributed by atoms with Crippen LogP contribution in [0.15, 0.2) is 37.1 Å². The minimum atomic E-state index is 0.234. The first-order valence-electron chi connectivity index (χ1n) is 11.4. The third-order valence-corrected chi connectivity index (χ3v) is 6.52. The highest BCUT2D eigenvalue weighted by Gasteiger charge is 2.28. The zero-order valence-corrected chi connectivity index (χ0v) is 17.7. The number of rotatable bonds is 8. The quantitative estimate of drug-likeness (QED) is 0.453. The van der Waals surface area contributed by atoms with Crippen molar-refractivity contribution in [3.63, 3.8) is 0 Å². The Labute approximate surface area is 175 Å². The van der Waals surface area contributed by atoms with Gasteiger partial charge in [0.05, 0.1) is 24.2 Å². The molecule has 2 N–H and O–H groups in total. The average molecular weight is 397 g/mol. The third-order valence-electron chi connectivity index (χ3n) is 6.52. The average Bonchev–Trinajstić information content (AvgIpc) is 2.99. The number of hydrogen-bond acceptors (Lipinski definition) is 4. The smallest absolute Gasteiger partial charge is 0.137 e. The summed E-state index contributed by atoms with van der Waals surface area (Å²) in [5.74, 6) is 2.59. The van der Waals surface area contributed by atoms with Gasteiger partial charge in [0.25, 0.3) is 0 Å². The highest BCUT2D eigenvalue weighted by atomic mass is 16.5. The summed E-state index contributed by atoms with van der Waals surface area (Å²) in [7, 11) is 0. The number of carbonyl (C=O) groups is 1. The van der Waals surface area contributed by atoms with Gasteiger partial charge in [-0.15, -0.1) is 0 Å². The van der Waals surface area contributed by atoms with Gasteiger partial charge in [-0.1, -0.05) is 57.6 Å². The summed E-state index contributed by atoms with van der Waals surface area (Å²) in [5, 5.41) is 0. The number of nitrogens with two attached hydrogens (primary N) is 1. The highest BCUT2D eigenvalue weighted by molar-refractivity contribution is 5.81. The third kappa shape index (κ3) is 6.73. The molecule has 0 saturated heterocycles. The minimum absolute atomic E-state index is 0.234. The molecule has 1 aromatic heterocycles. The van der Waals surface area contributed by atoms with Gasteiger partial charge >= 0.3 is 0 Å². The maximum Gasteiger partial charge on any atom is 0.137 e. The predicted molar refractivity (Wildman–Crippen MR) is 118 cm³/mol. The topological polar surface area (TPSA) is 65.2 Å². The van der Waals surface area contributed by atoms with Gasteiger partial charge in [-0.2, -0.15) is 0 Å². The van der Waals surface area contributed by atoms with E-state index in [0.29, 0.717) is 29.9 Å². The molecule has 2 aliphatic rings. The molecule has 0 spiro atoms. The largest absolute Gasteiger partial charge is 0.492 e. The number of nitrogens with zero attached hydrogens (tertiary/aromatic N) is 1. The van der Waals surface area contributed by atoms with Gasteiger partial charge in [0.15, 0.2) is 0 Å². The summed E-state index contributed by atoms with van der Waals surface area (Å²) in [6.45, 7) is 4.31. The number of allylic oxidation sites excluding steroid dienone is 2. The molecule has 0 amide bonds. The summed E-state index contributed by atoms with van der Waals surface area (Å²) >= 11 is 0. The maximum absolute atomic E-state index is 12.9. The van der Waals surface area contributed by atoms with Gasteiger partial charge in [-0.05, 0) is 49.3 Å². The van der Waals surface area contributed by atoms with Gasteiger partial charge in [-0.25, -0.2) is 0 Å². The van der Waals surface area contributed by atoms with Gasteiger partial charge in [0, 0.05) is 12.3 Å². The first kappa shape index (κ1) is 21.6. The summed E-state index contributed by atoms with van der Waals surface area (Å²) < 4.78 is 6.02. The lowest BCUT2D eigenvalue weighted by molar-refractivity contribution is -0.124. The molecule has 1 aromatic rings. The predicted octanol–water partition coefficient (Wildman–Crippen LogP) is 5.68. The summed E-state index contributed by atoms with van der Waals surface area (Å²) in [6.07, 6.45) is 17.9. The van der Waals surface area contributed by atoms with E-state index < -0.39 is 0 Å². The molecular weight excluding hydrogens is 360 g/mol. The van der Waals surface area contributed by atoms with Crippen LogP contribution in [0.5, 0.6) is 5.75 Å². The molecule has 2 fully saturated rings. The summed E-state index contributed by atoms with van der Waals surface area (Å²) in [4.78, 5) is 17.3. The van der Waals surface area contributed by atoms with Crippen molar-refractivity contribution in [2.75, 3.05) is 6.61 Å². The van der Waals surface area contributed by atoms with E-state index in [4.69, 9.17) is 10.5 Å². The van der Waals surface area contributed by atoms with Crippen molar-refractivity contribution in [2.45, 2.75) is 70.6 Å². The molecule has 0 aromatic carbocycles. The van der Waals surface area contributed by atoms with Crippen molar-refractivity contribution in [1.29, 1.82) is 0 Å². The number of Topliss-reactive ketones (excluding diaryl/α,β-unsaturated/α-hetero) is 1. The molecule has 2 aliphatic carbocycles. The molecule has 0 radical (unpaired) electrons. The Morgan fingerprint density at radius 1 is 1.10 bits per heavy atom. The van der Waals surface area contributed by atoms with E-state index in [1.54, 1.807) is 18.3 Å². The van der Waals surface area contributed by atoms with E-state index in [1.807, 2.05) is 12.1 Å².